The molecule has 0 aliphatic carbocycles. The Morgan fingerprint density at radius 3 is 2.62 bits per heavy atom. The quantitative estimate of drug-likeness (QED) is 0.158. The number of nitro benzene ring substituents is 1. The summed E-state index contributed by atoms with van der Waals surface area (Å²) in [5.74, 6) is 0.724. The number of aliphatic imine (C=N–C) groups is 1. The van der Waals surface area contributed by atoms with Crippen molar-refractivity contribution in [2.45, 2.75) is 38.6 Å². The van der Waals surface area contributed by atoms with Gasteiger partial charge in [-0.1, -0.05) is 25.0 Å². The van der Waals surface area contributed by atoms with Crippen molar-refractivity contribution < 1.29 is 4.92 Å². The summed E-state index contributed by atoms with van der Waals surface area (Å²) < 4.78 is 0. The van der Waals surface area contributed by atoms with E-state index in [2.05, 4.69) is 20.5 Å². The summed E-state index contributed by atoms with van der Waals surface area (Å²) in [4.78, 5) is 17.2. The van der Waals surface area contributed by atoms with Crippen molar-refractivity contribution >= 4 is 35.6 Å². The van der Waals surface area contributed by atoms with Gasteiger partial charge in [-0.05, 0) is 44.5 Å². The van der Waals surface area contributed by atoms with Crippen molar-refractivity contribution in [1.82, 2.24) is 15.5 Å². The highest BCUT2D eigenvalue weighted by atomic mass is 127. The minimum Gasteiger partial charge on any atom is -0.356 e. The van der Waals surface area contributed by atoms with Crippen LogP contribution in [0.5, 0.6) is 0 Å². The summed E-state index contributed by atoms with van der Waals surface area (Å²) in [7, 11) is 1.73. The van der Waals surface area contributed by atoms with E-state index in [1.54, 1.807) is 19.2 Å². The summed E-state index contributed by atoms with van der Waals surface area (Å²) in [5, 5.41) is 17.3. The summed E-state index contributed by atoms with van der Waals surface area (Å²) in [6, 6.07) is 6.65. The topological polar surface area (TPSA) is 82.8 Å². The molecule has 0 unspecified atom stereocenters. The van der Waals surface area contributed by atoms with Crippen LogP contribution in [0.25, 0.3) is 0 Å². The van der Waals surface area contributed by atoms with Gasteiger partial charge in [0.15, 0.2) is 5.96 Å². The van der Waals surface area contributed by atoms with Crippen LogP contribution in [-0.2, 0) is 6.54 Å². The summed E-state index contributed by atoms with van der Waals surface area (Å²) in [5.41, 5.74) is 0.974. The average Bonchev–Trinajstić information content (AvgIpc) is 2.90. The van der Waals surface area contributed by atoms with E-state index in [-0.39, 0.29) is 34.6 Å². The van der Waals surface area contributed by atoms with Crippen LogP contribution in [0.2, 0.25) is 0 Å². The second-order valence-electron chi connectivity index (χ2n) is 6.39. The standard InChI is InChI=1S/C18H29N5O2.HI/c1-19-18(20-10-7-13-22-11-4-2-3-5-12-22)21-15-16-8-6-9-17(14-16)23(24)25;/h6,8-9,14H,2-5,7,10-13,15H2,1H3,(H2,19,20,21);1H. The van der Waals surface area contributed by atoms with Crippen LogP contribution in [0, 0.1) is 10.1 Å². The Labute approximate surface area is 172 Å². The van der Waals surface area contributed by atoms with Crippen molar-refractivity contribution in [3.63, 3.8) is 0 Å². The van der Waals surface area contributed by atoms with Crippen LogP contribution in [0.15, 0.2) is 29.3 Å². The highest BCUT2D eigenvalue weighted by Gasteiger charge is 2.09. The number of rotatable bonds is 7. The molecular formula is C18H30IN5O2. The molecule has 0 radical (unpaired) electrons. The molecule has 2 rings (SSSR count). The van der Waals surface area contributed by atoms with Gasteiger partial charge in [-0.2, -0.15) is 0 Å². The van der Waals surface area contributed by atoms with Gasteiger partial charge in [0.1, 0.15) is 0 Å². The van der Waals surface area contributed by atoms with Crippen LogP contribution in [-0.4, -0.2) is 49.0 Å². The maximum absolute atomic E-state index is 10.8. The molecule has 146 valence electrons. The minimum atomic E-state index is -0.376. The summed E-state index contributed by atoms with van der Waals surface area (Å²) in [6.45, 7) is 4.94. The Balaban J connectivity index is 0.00000338. The second kappa shape index (κ2) is 12.9. The molecule has 0 aromatic heterocycles. The molecule has 0 saturated carbocycles. The van der Waals surface area contributed by atoms with Crippen LogP contribution in [0.3, 0.4) is 0 Å². The molecule has 1 aromatic rings. The molecule has 0 atom stereocenters. The van der Waals surface area contributed by atoms with Crippen LogP contribution < -0.4 is 10.6 Å². The number of nitrogens with zero attached hydrogens (tertiary/aromatic N) is 3. The number of hydrogen-bond donors (Lipinski definition) is 2. The Hall–Kier alpha value is -1.42. The fraction of sp³-hybridized carbons (Fsp3) is 0.611. The first-order valence-corrected chi connectivity index (χ1v) is 9.09. The molecule has 1 aromatic carbocycles. The number of halogens is 1. The van der Waals surface area contributed by atoms with Crippen LogP contribution in [0.1, 0.15) is 37.7 Å². The third-order valence-corrected chi connectivity index (χ3v) is 4.45. The Morgan fingerprint density at radius 2 is 1.96 bits per heavy atom. The molecule has 1 saturated heterocycles. The molecule has 0 bridgehead atoms. The number of hydrogen-bond acceptors (Lipinski definition) is 4. The van der Waals surface area contributed by atoms with E-state index in [0.29, 0.717) is 6.54 Å². The molecular weight excluding hydrogens is 445 g/mol. The molecule has 26 heavy (non-hydrogen) atoms. The average molecular weight is 475 g/mol. The van der Waals surface area contributed by atoms with Gasteiger partial charge in [-0.25, -0.2) is 0 Å². The minimum absolute atomic E-state index is 0. The first-order valence-electron chi connectivity index (χ1n) is 9.09. The number of nitrogens with one attached hydrogen (secondary N) is 2. The molecule has 1 aliphatic heterocycles. The van der Waals surface area contributed by atoms with Gasteiger partial charge in [0, 0.05) is 32.3 Å². The van der Waals surface area contributed by atoms with Gasteiger partial charge >= 0.3 is 0 Å². The first-order chi connectivity index (χ1) is 12.2. The van der Waals surface area contributed by atoms with E-state index in [4.69, 9.17) is 0 Å². The van der Waals surface area contributed by atoms with Crippen molar-refractivity contribution in [3.8, 4) is 0 Å². The van der Waals surface area contributed by atoms with Crippen LogP contribution >= 0.6 is 24.0 Å². The number of nitro groups is 1. The largest absolute Gasteiger partial charge is 0.356 e. The Bertz CT molecular complexity index is 574. The molecule has 1 aliphatic rings. The zero-order valence-corrected chi connectivity index (χ0v) is 17.8. The normalized spacial score (nSPS) is 15.7. The highest BCUT2D eigenvalue weighted by Crippen LogP contribution is 2.12. The Kier molecular flexibility index (Phi) is 11.2. The fourth-order valence-corrected chi connectivity index (χ4v) is 3.06. The van der Waals surface area contributed by atoms with Gasteiger partial charge in [-0.15, -0.1) is 24.0 Å². The lowest BCUT2D eigenvalue weighted by atomic mass is 10.2. The monoisotopic (exact) mass is 475 g/mol. The lowest BCUT2D eigenvalue weighted by Gasteiger charge is -2.20. The zero-order chi connectivity index (χ0) is 17.9. The predicted octanol–water partition coefficient (Wildman–Crippen LogP) is 3.14. The molecule has 7 nitrogen and oxygen atoms in total. The van der Waals surface area contributed by atoms with Crippen molar-refractivity contribution in [3.05, 3.63) is 39.9 Å². The highest BCUT2D eigenvalue weighted by molar-refractivity contribution is 14.0. The molecule has 0 spiro atoms. The number of benzene rings is 1. The van der Waals surface area contributed by atoms with E-state index >= 15 is 0 Å². The maximum atomic E-state index is 10.8. The summed E-state index contributed by atoms with van der Waals surface area (Å²) >= 11 is 0. The van der Waals surface area contributed by atoms with Gasteiger partial charge in [-0.3, -0.25) is 15.1 Å². The third-order valence-electron chi connectivity index (χ3n) is 4.45. The fourth-order valence-electron chi connectivity index (χ4n) is 3.06. The molecule has 8 heteroatoms. The van der Waals surface area contributed by atoms with E-state index in [0.717, 1.165) is 31.0 Å². The lowest BCUT2D eigenvalue weighted by molar-refractivity contribution is -0.384. The SMILES string of the molecule is CN=C(NCCCN1CCCCCC1)NCc1cccc([N+](=O)[O-])c1.I. The van der Waals surface area contributed by atoms with Gasteiger partial charge < -0.3 is 15.5 Å². The first kappa shape index (κ1) is 22.6. The molecule has 2 N–H and O–H groups in total. The van der Waals surface area contributed by atoms with E-state index in [1.807, 2.05) is 6.07 Å². The van der Waals surface area contributed by atoms with Crippen LogP contribution in [0.4, 0.5) is 5.69 Å². The van der Waals surface area contributed by atoms with Crippen molar-refractivity contribution in [1.29, 1.82) is 0 Å². The van der Waals surface area contributed by atoms with E-state index in [1.165, 1.54) is 44.8 Å². The van der Waals surface area contributed by atoms with Gasteiger partial charge in [0.2, 0.25) is 0 Å². The predicted molar refractivity (Wildman–Crippen MR) is 116 cm³/mol. The molecule has 0 amide bonds. The maximum Gasteiger partial charge on any atom is 0.269 e. The van der Waals surface area contributed by atoms with E-state index < -0.39 is 0 Å². The number of non-ortho nitro benzene ring substituents is 1. The van der Waals surface area contributed by atoms with Crippen molar-refractivity contribution in [2.75, 3.05) is 33.2 Å². The lowest BCUT2D eigenvalue weighted by Crippen LogP contribution is -2.38. The van der Waals surface area contributed by atoms with Gasteiger partial charge in [0.25, 0.3) is 5.69 Å². The summed E-state index contributed by atoms with van der Waals surface area (Å²) in [6.07, 6.45) is 6.45. The third kappa shape index (κ3) is 8.31. The Morgan fingerprint density at radius 1 is 1.23 bits per heavy atom. The molecule has 1 fully saturated rings. The number of likely N-dealkylation sites (tertiary alicyclic amines) is 1. The smallest absolute Gasteiger partial charge is 0.269 e. The zero-order valence-electron chi connectivity index (χ0n) is 15.4. The van der Waals surface area contributed by atoms with Gasteiger partial charge in [0.05, 0.1) is 4.92 Å². The second-order valence-corrected chi connectivity index (χ2v) is 6.39. The molecule has 1 heterocycles. The van der Waals surface area contributed by atoms with E-state index in [9.17, 15) is 10.1 Å². The van der Waals surface area contributed by atoms with Crippen molar-refractivity contribution in [2.24, 2.45) is 4.99 Å². The number of guanidine groups is 1.